The zero-order valence-corrected chi connectivity index (χ0v) is 13.5. The van der Waals surface area contributed by atoms with E-state index in [1.54, 1.807) is 11.3 Å². The molecule has 0 bridgehead atoms. The van der Waals surface area contributed by atoms with Gasteiger partial charge < -0.3 is 5.32 Å². The standard InChI is InChI=1S/C16H23N3S/c1-5-8-18-11(3)15-12(4)19-16(20-15)14-7-9-17-10-13(14)6-2/h7,9-11,18H,5-6,8H2,1-4H3. The van der Waals surface area contributed by atoms with Gasteiger partial charge in [-0.15, -0.1) is 11.3 Å². The van der Waals surface area contributed by atoms with Crippen LogP contribution in [0.1, 0.15) is 49.4 Å². The second kappa shape index (κ2) is 6.95. The maximum Gasteiger partial charge on any atom is 0.124 e. The Balaban J connectivity index is 2.31. The van der Waals surface area contributed by atoms with E-state index in [2.05, 4.69) is 44.1 Å². The summed E-state index contributed by atoms with van der Waals surface area (Å²) in [6.07, 6.45) is 5.94. The maximum atomic E-state index is 4.77. The van der Waals surface area contributed by atoms with Crippen molar-refractivity contribution in [3.63, 3.8) is 0 Å². The predicted octanol–water partition coefficient (Wildman–Crippen LogP) is 4.14. The van der Waals surface area contributed by atoms with Crippen LogP contribution in [0.2, 0.25) is 0 Å². The molecular formula is C16H23N3S. The van der Waals surface area contributed by atoms with E-state index in [4.69, 9.17) is 4.98 Å². The van der Waals surface area contributed by atoms with Gasteiger partial charge in [-0.3, -0.25) is 4.98 Å². The van der Waals surface area contributed by atoms with Crippen LogP contribution in [0.3, 0.4) is 0 Å². The molecule has 2 rings (SSSR count). The quantitative estimate of drug-likeness (QED) is 0.868. The molecule has 3 nitrogen and oxygen atoms in total. The van der Waals surface area contributed by atoms with Crippen LogP contribution in [0.4, 0.5) is 0 Å². The Morgan fingerprint density at radius 3 is 2.85 bits per heavy atom. The van der Waals surface area contributed by atoms with Gasteiger partial charge in [0.1, 0.15) is 5.01 Å². The molecule has 0 amide bonds. The fraction of sp³-hybridized carbons (Fsp3) is 0.500. The minimum atomic E-state index is 0.369. The highest BCUT2D eigenvalue weighted by molar-refractivity contribution is 7.15. The summed E-state index contributed by atoms with van der Waals surface area (Å²) in [6.45, 7) is 9.71. The third kappa shape index (κ3) is 3.25. The third-order valence-electron chi connectivity index (χ3n) is 3.44. The lowest BCUT2D eigenvalue weighted by atomic mass is 10.1. The van der Waals surface area contributed by atoms with Crippen LogP contribution in [0, 0.1) is 6.92 Å². The Bertz CT molecular complexity index is 563. The first-order valence-electron chi connectivity index (χ1n) is 7.31. The lowest BCUT2D eigenvalue weighted by Gasteiger charge is -2.11. The summed E-state index contributed by atoms with van der Waals surface area (Å²) >= 11 is 1.80. The highest BCUT2D eigenvalue weighted by Crippen LogP contribution is 2.33. The number of aryl methyl sites for hydroxylation is 2. The minimum Gasteiger partial charge on any atom is -0.309 e. The summed E-state index contributed by atoms with van der Waals surface area (Å²) in [4.78, 5) is 10.3. The van der Waals surface area contributed by atoms with E-state index in [0.29, 0.717) is 6.04 Å². The number of aromatic nitrogens is 2. The smallest absolute Gasteiger partial charge is 0.124 e. The van der Waals surface area contributed by atoms with Crippen molar-refractivity contribution in [2.24, 2.45) is 0 Å². The van der Waals surface area contributed by atoms with E-state index in [1.165, 1.54) is 16.0 Å². The van der Waals surface area contributed by atoms with E-state index in [9.17, 15) is 0 Å². The molecule has 0 saturated heterocycles. The average molecular weight is 289 g/mol. The largest absolute Gasteiger partial charge is 0.309 e. The highest BCUT2D eigenvalue weighted by atomic mass is 32.1. The average Bonchev–Trinajstić information content (AvgIpc) is 2.86. The fourth-order valence-corrected chi connectivity index (χ4v) is 3.45. The van der Waals surface area contributed by atoms with E-state index in [1.807, 2.05) is 12.4 Å². The molecule has 0 aromatic carbocycles. The first kappa shape index (κ1) is 15.1. The van der Waals surface area contributed by atoms with Crippen molar-refractivity contribution in [2.75, 3.05) is 6.54 Å². The van der Waals surface area contributed by atoms with Gasteiger partial charge >= 0.3 is 0 Å². The SMILES string of the molecule is CCCNC(C)c1sc(-c2ccncc2CC)nc1C. The van der Waals surface area contributed by atoms with Gasteiger partial charge in [0.15, 0.2) is 0 Å². The summed E-state index contributed by atoms with van der Waals surface area (Å²) in [5.41, 5.74) is 3.63. The van der Waals surface area contributed by atoms with Gasteiger partial charge in [-0.1, -0.05) is 13.8 Å². The van der Waals surface area contributed by atoms with Crippen LogP contribution in [0.5, 0.6) is 0 Å². The molecule has 2 heterocycles. The van der Waals surface area contributed by atoms with E-state index < -0.39 is 0 Å². The summed E-state index contributed by atoms with van der Waals surface area (Å²) in [5.74, 6) is 0. The fourth-order valence-electron chi connectivity index (χ4n) is 2.30. The summed E-state index contributed by atoms with van der Waals surface area (Å²) in [5, 5.41) is 4.65. The number of hydrogen-bond acceptors (Lipinski definition) is 4. The lowest BCUT2D eigenvalue weighted by molar-refractivity contribution is 0.575. The number of thiazole rings is 1. The van der Waals surface area contributed by atoms with Crippen molar-refractivity contribution in [3.05, 3.63) is 34.6 Å². The van der Waals surface area contributed by atoms with Crippen molar-refractivity contribution < 1.29 is 0 Å². The molecular weight excluding hydrogens is 266 g/mol. The van der Waals surface area contributed by atoms with Crippen molar-refractivity contribution in [2.45, 2.75) is 46.6 Å². The van der Waals surface area contributed by atoms with E-state index in [-0.39, 0.29) is 0 Å². The van der Waals surface area contributed by atoms with Gasteiger partial charge in [-0.2, -0.15) is 0 Å². The lowest BCUT2D eigenvalue weighted by Crippen LogP contribution is -2.18. The summed E-state index contributed by atoms with van der Waals surface area (Å²) in [7, 11) is 0. The third-order valence-corrected chi connectivity index (χ3v) is 4.81. The molecule has 2 aromatic rings. The predicted molar refractivity (Wildman–Crippen MR) is 86.2 cm³/mol. The molecule has 0 aliphatic heterocycles. The van der Waals surface area contributed by atoms with Crippen molar-refractivity contribution in [3.8, 4) is 10.6 Å². The zero-order valence-electron chi connectivity index (χ0n) is 12.7. The Morgan fingerprint density at radius 1 is 1.35 bits per heavy atom. The molecule has 1 N–H and O–H groups in total. The van der Waals surface area contributed by atoms with Gasteiger partial charge in [0.25, 0.3) is 0 Å². The molecule has 20 heavy (non-hydrogen) atoms. The summed E-state index contributed by atoms with van der Waals surface area (Å²) in [6, 6.07) is 2.44. The van der Waals surface area contributed by atoms with Crippen LogP contribution in [-0.4, -0.2) is 16.5 Å². The van der Waals surface area contributed by atoms with Gasteiger partial charge in [0, 0.05) is 28.9 Å². The second-order valence-electron chi connectivity index (χ2n) is 5.03. The van der Waals surface area contributed by atoms with Crippen LogP contribution in [-0.2, 0) is 6.42 Å². The van der Waals surface area contributed by atoms with Gasteiger partial charge in [0.2, 0.25) is 0 Å². The van der Waals surface area contributed by atoms with Crippen molar-refractivity contribution in [1.82, 2.24) is 15.3 Å². The molecule has 4 heteroatoms. The van der Waals surface area contributed by atoms with Gasteiger partial charge in [0.05, 0.1) is 5.69 Å². The monoisotopic (exact) mass is 289 g/mol. The Kier molecular flexibility index (Phi) is 5.26. The number of nitrogens with one attached hydrogen (secondary N) is 1. The van der Waals surface area contributed by atoms with Crippen LogP contribution in [0.15, 0.2) is 18.5 Å². The topological polar surface area (TPSA) is 37.8 Å². The van der Waals surface area contributed by atoms with Crippen LogP contribution >= 0.6 is 11.3 Å². The van der Waals surface area contributed by atoms with Crippen LogP contribution < -0.4 is 5.32 Å². The first-order valence-corrected chi connectivity index (χ1v) is 8.13. The zero-order chi connectivity index (χ0) is 14.5. The molecule has 108 valence electrons. The molecule has 0 aliphatic carbocycles. The molecule has 0 spiro atoms. The summed E-state index contributed by atoms with van der Waals surface area (Å²) < 4.78 is 0. The Hall–Kier alpha value is -1.26. The number of hydrogen-bond donors (Lipinski definition) is 1. The Labute approximate surface area is 125 Å². The minimum absolute atomic E-state index is 0.369. The van der Waals surface area contributed by atoms with E-state index in [0.717, 1.165) is 30.1 Å². The highest BCUT2D eigenvalue weighted by Gasteiger charge is 2.16. The normalized spacial score (nSPS) is 12.6. The number of rotatable bonds is 6. The molecule has 0 aliphatic rings. The van der Waals surface area contributed by atoms with Crippen molar-refractivity contribution >= 4 is 11.3 Å². The molecule has 1 atom stereocenters. The molecule has 0 fully saturated rings. The van der Waals surface area contributed by atoms with E-state index >= 15 is 0 Å². The second-order valence-corrected chi connectivity index (χ2v) is 6.06. The van der Waals surface area contributed by atoms with Gasteiger partial charge in [-0.05, 0) is 44.9 Å². The number of nitrogens with zero attached hydrogens (tertiary/aromatic N) is 2. The molecule has 0 saturated carbocycles. The maximum absolute atomic E-state index is 4.77. The van der Waals surface area contributed by atoms with Gasteiger partial charge in [-0.25, -0.2) is 4.98 Å². The molecule has 2 aromatic heterocycles. The van der Waals surface area contributed by atoms with Crippen molar-refractivity contribution in [1.29, 1.82) is 0 Å². The first-order chi connectivity index (χ1) is 9.67. The number of pyridine rings is 1. The molecule has 0 radical (unpaired) electrons. The van der Waals surface area contributed by atoms with Crippen LogP contribution in [0.25, 0.3) is 10.6 Å². The Morgan fingerprint density at radius 2 is 2.15 bits per heavy atom. The molecule has 1 unspecified atom stereocenters.